The van der Waals surface area contributed by atoms with Crippen molar-refractivity contribution in [2.45, 2.75) is 20.8 Å². The number of carbonyl (C=O) groups excluding carboxylic acids is 1. The van der Waals surface area contributed by atoms with Gasteiger partial charge in [-0.1, -0.05) is 20.8 Å². The zero-order valence-corrected chi connectivity index (χ0v) is 12.3. The van der Waals surface area contributed by atoms with Gasteiger partial charge in [-0.2, -0.15) is 10.4 Å². The molecule has 0 radical (unpaired) electrons. The molecule has 1 heterocycles. The monoisotopic (exact) mass is 283 g/mol. The Morgan fingerprint density at radius 3 is 2.76 bits per heavy atom. The first-order valence-corrected chi connectivity index (χ1v) is 6.60. The van der Waals surface area contributed by atoms with Crippen LogP contribution in [0.2, 0.25) is 0 Å². The topological polar surface area (TPSA) is 67.9 Å². The van der Waals surface area contributed by atoms with Crippen LogP contribution in [-0.4, -0.2) is 22.7 Å². The summed E-state index contributed by atoms with van der Waals surface area (Å²) < 4.78 is 7.26. The highest BCUT2D eigenvalue weighted by Crippen LogP contribution is 2.24. The lowest BCUT2D eigenvalue weighted by Gasteiger charge is -2.19. The second-order valence-corrected chi connectivity index (χ2v) is 5.98. The Morgan fingerprint density at radius 2 is 2.19 bits per heavy atom. The number of hydrogen-bond acceptors (Lipinski definition) is 4. The van der Waals surface area contributed by atoms with Crippen LogP contribution < -0.4 is 4.74 Å². The fraction of sp³-hybridized carbons (Fsp3) is 0.312. The molecule has 21 heavy (non-hydrogen) atoms. The molecular weight excluding hydrogens is 266 g/mol. The van der Waals surface area contributed by atoms with Crippen molar-refractivity contribution in [3.63, 3.8) is 0 Å². The van der Waals surface area contributed by atoms with Crippen molar-refractivity contribution in [3.8, 4) is 17.5 Å². The lowest BCUT2D eigenvalue weighted by molar-refractivity contribution is 0.112. The Labute approximate surface area is 123 Å². The maximum Gasteiger partial charge on any atom is 0.153 e. The Hall–Kier alpha value is -2.61. The van der Waals surface area contributed by atoms with Crippen molar-refractivity contribution in [2.75, 3.05) is 6.61 Å². The van der Waals surface area contributed by atoms with E-state index in [1.54, 1.807) is 29.1 Å². The van der Waals surface area contributed by atoms with Crippen LogP contribution in [0, 0.1) is 16.7 Å². The Kier molecular flexibility index (Phi) is 4.08. The number of aldehydes is 1. The lowest BCUT2D eigenvalue weighted by atomic mass is 9.98. The number of aromatic nitrogens is 2. The van der Waals surface area contributed by atoms with Gasteiger partial charge in [-0.05, 0) is 23.6 Å². The minimum Gasteiger partial charge on any atom is -0.492 e. The van der Waals surface area contributed by atoms with E-state index in [4.69, 9.17) is 4.74 Å². The van der Waals surface area contributed by atoms with Gasteiger partial charge in [0, 0.05) is 6.20 Å². The minimum atomic E-state index is 0.0201. The van der Waals surface area contributed by atoms with Gasteiger partial charge in [0.2, 0.25) is 0 Å². The van der Waals surface area contributed by atoms with Gasteiger partial charge < -0.3 is 4.74 Å². The molecule has 0 saturated heterocycles. The summed E-state index contributed by atoms with van der Waals surface area (Å²) in [6.07, 6.45) is 3.82. The van der Waals surface area contributed by atoms with Crippen molar-refractivity contribution in [3.05, 3.63) is 41.7 Å². The van der Waals surface area contributed by atoms with Crippen LogP contribution in [0.5, 0.6) is 5.75 Å². The van der Waals surface area contributed by atoms with E-state index in [1.807, 2.05) is 0 Å². The SMILES string of the molecule is CC(C)(C)COc1ccc(-n2cc(C=O)cn2)cc1C#N. The Bertz CT molecular complexity index is 690. The number of rotatable bonds is 4. The summed E-state index contributed by atoms with van der Waals surface area (Å²) in [5.41, 5.74) is 1.66. The third-order valence-electron chi connectivity index (χ3n) is 2.75. The summed E-state index contributed by atoms with van der Waals surface area (Å²) in [7, 11) is 0. The van der Waals surface area contributed by atoms with Crippen molar-refractivity contribution in [1.29, 1.82) is 5.26 Å². The molecule has 2 rings (SSSR count). The Morgan fingerprint density at radius 1 is 1.43 bits per heavy atom. The first-order chi connectivity index (χ1) is 9.93. The summed E-state index contributed by atoms with van der Waals surface area (Å²) >= 11 is 0. The van der Waals surface area contributed by atoms with Gasteiger partial charge in [0.25, 0.3) is 0 Å². The fourth-order valence-corrected chi connectivity index (χ4v) is 1.71. The van der Waals surface area contributed by atoms with E-state index in [2.05, 4.69) is 31.9 Å². The van der Waals surface area contributed by atoms with Crippen LogP contribution in [0.1, 0.15) is 36.7 Å². The standard InChI is InChI=1S/C16H17N3O2/c1-16(2,3)11-21-15-5-4-14(6-13(15)7-17)19-9-12(10-20)8-18-19/h4-6,8-10H,11H2,1-3H3. The average Bonchev–Trinajstić information content (AvgIpc) is 2.93. The zero-order valence-electron chi connectivity index (χ0n) is 12.3. The highest BCUT2D eigenvalue weighted by Gasteiger charge is 2.13. The van der Waals surface area contributed by atoms with Crippen molar-refractivity contribution in [2.24, 2.45) is 5.41 Å². The van der Waals surface area contributed by atoms with Gasteiger partial charge in [-0.25, -0.2) is 4.68 Å². The smallest absolute Gasteiger partial charge is 0.153 e. The molecule has 108 valence electrons. The van der Waals surface area contributed by atoms with Crippen LogP contribution in [0.3, 0.4) is 0 Å². The lowest BCUT2D eigenvalue weighted by Crippen LogP contribution is -2.17. The van der Waals surface area contributed by atoms with Gasteiger partial charge >= 0.3 is 0 Å². The first kappa shape index (κ1) is 14.8. The van der Waals surface area contributed by atoms with Crippen LogP contribution in [0.15, 0.2) is 30.6 Å². The molecule has 0 aliphatic heterocycles. The van der Waals surface area contributed by atoms with E-state index in [-0.39, 0.29) is 5.41 Å². The minimum absolute atomic E-state index is 0.0201. The quantitative estimate of drug-likeness (QED) is 0.809. The summed E-state index contributed by atoms with van der Waals surface area (Å²) in [6.45, 7) is 6.73. The number of nitriles is 1. The molecule has 1 aromatic heterocycles. The number of nitrogens with zero attached hydrogens (tertiary/aromatic N) is 3. The van der Waals surface area contributed by atoms with Crippen LogP contribution in [0.4, 0.5) is 0 Å². The molecule has 2 aromatic rings. The molecule has 0 N–H and O–H groups in total. The molecule has 0 spiro atoms. The number of benzene rings is 1. The summed E-state index contributed by atoms with van der Waals surface area (Å²) in [5, 5.41) is 13.3. The van der Waals surface area contributed by atoms with Crippen molar-refractivity contribution in [1.82, 2.24) is 9.78 Å². The second-order valence-electron chi connectivity index (χ2n) is 5.98. The summed E-state index contributed by atoms with van der Waals surface area (Å²) in [4.78, 5) is 10.7. The molecule has 0 aliphatic carbocycles. The fourth-order valence-electron chi connectivity index (χ4n) is 1.71. The van der Waals surface area contributed by atoms with Crippen LogP contribution in [0.25, 0.3) is 5.69 Å². The van der Waals surface area contributed by atoms with Gasteiger partial charge in [0.1, 0.15) is 11.8 Å². The molecule has 5 nitrogen and oxygen atoms in total. The van der Waals surface area contributed by atoms with Gasteiger partial charge in [-0.3, -0.25) is 4.79 Å². The largest absolute Gasteiger partial charge is 0.492 e. The maximum absolute atomic E-state index is 10.7. The summed E-state index contributed by atoms with van der Waals surface area (Å²) in [5.74, 6) is 0.555. The molecule has 0 unspecified atom stereocenters. The van der Waals surface area contributed by atoms with Crippen LogP contribution >= 0.6 is 0 Å². The van der Waals surface area contributed by atoms with E-state index in [9.17, 15) is 10.1 Å². The highest BCUT2D eigenvalue weighted by molar-refractivity contribution is 5.73. The third-order valence-corrected chi connectivity index (χ3v) is 2.75. The second kappa shape index (κ2) is 5.80. The van der Waals surface area contributed by atoms with E-state index in [1.165, 1.54) is 6.20 Å². The number of carbonyl (C=O) groups is 1. The van der Waals surface area contributed by atoms with Gasteiger partial charge in [-0.15, -0.1) is 0 Å². The molecule has 0 fully saturated rings. The number of ether oxygens (including phenoxy) is 1. The van der Waals surface area contributed by atoms with E-state index >= 15 is 0 Å². The predicted octanol–water partition coefficient (Wildman–Crippen LogP) is 2.98. The predicted molar refractivity (Wildman–Crippen MR) is 78.6 cm³/mol. The number of hydrogen-bond donors (Lipinski definition) is 0. The highest BCUT2D eigenvalue weighted by atomic mass is 16.5. The molecule has 1 aromatic carbocycles. The van der Waals surface area contributed by atoms with Crippen LogP contribution in [-0.2, 0) is 0 Å². The first-order valence-electron chi connectivity index (χ1n) is 6.60. The van der Waals surface area contributed by atoms with E-state index in [0.29, 0.717) is 29.2 Å². The molecule has 5 heteroatoms. The van der Waals surface area contributed by atoms with Crippen molar-refractivity contribution >= 4 is 6.29 Å². The third kappa shape index (κ3) is 3.69. The van der Waals surface area contributed by atoms with Gasteiger partial charge in [0.05, 0.1) is 29.6 Å². The molecule has 0 saturated carbocycles. The molecule has 0 aliphatic rings. The average molecular weight is 283 g/mol. The normalized spacial score (nSPS) is 11.0. The van der Waals surface area contributed by atoms with E-state index < -0.39 is 0 Å². The maximum atomic E-state index is 10.7. The summed E-state index contributed by atoms with van der Waals surface area (Å²) in [6, 6.07) is 7.38. The van der Waals surface area contributed by atoms with Gasteiger partial charge in [0.15, 0.2) is 6.29 Å². The zero-order chi connectivity index (χ0) is 15.5. The molecule has 0 atom stereocenters. The molecule has 0 bridgehead atoms. The molecular formula is C16H17N3O2. The van der Waals surface area contributed by atoms with E-state index in [0.717, 1.165) is 6.29 Å². The molecule has 0 amide bonds. The van der Waals surface area contributed by atoms with Crippen molar-refractivity contribution < 1.29 is 9.53 Å². The Balaban J connectivity index is 2.28.